The molecule has 0 radical (unpaired) electrons. The Bertz CT molecular complexity index is 738. The standard InChI is InChI=1S/C17H20N2O2S/c1-19(16-10-11-18-13-16)22(20,21)17-9-5-8-15(12-17)14-6-3-2-4-7-14/h2-9,12,16,18H,10-11,13H2,1H3. The van der Waals surface area contributed by atoms with Gasteiger partial charge in [-0.3, -0.25) is 0 Å². The molecule has 0 saturated carbocycles. The fraction of sp³-hybridized carbons (Fsp3) is 0.294. The Labute approximate surface area is 131 Å². The normalized spacial score (nSPS) is 18.7. The van der Waals surface area contributed by atoms with Crippen LogP contribution in [0.2, 0.25) is 0 Å². The van der Waals surface area contributed by atoms with Gasteiger partial charge in [0.15, 0.2) is 0 Å². The quantitative estimate of drug-likeness (QED) is 0.942. The van der Waals surface area contributed by atoms with Gasteiger partial charge in [-0.2, -0.15) is 4.31 Å². The van der Waals surface area contributed by atoms with E-state index in [-0.39, 0.29) is 6.04 Å². The molecule has 22 heavy (non-hydrogen) atoms. The van der Waals surface area contributed by atoms with Crippen LogP contribution in [0, 0.1) is 0 Å². The number of hydrogen-bond donors (Lipinski definition) is 1. The summed E-state index contributed by atoms with van der Waals surface area (Å²) in [6.45, 7) is 1.59. The number of sulfonamides is 1. The van der Waals surface area contributed by atoms with E-state index in [1.54, 1.807) is 25.2 Å². The van der Waals surface area contributed by atoms with E-state index < -0.39 is 10.0 Å². The van der Waals surface area contributed by atoms with Gasteiger partial charge in [0.2, 0.25) is 10.0 Å². The van der Waals surface area contributed by atoms with Crippen LogP contribution in [0.4, 0.5) is 0 Å². The number of nitrogens with one attached hydrogen (secondary N) is 1. The Morgan fingerprint density at radius 3 is 2.45 bits per heavy atom. The SMILES string of the molecule is CN(C1CCNC1)S(=O)(=O)c1cccc(-c2ccccc2)c1. The van der Waals surface area contributed by atoms with E-state index in [4.69, 9.17) is 0 Å². The second-order valence-electron chi connectivity index (χ2n) is 5.56. The third-order valence-corrected chi connectivity index (χ3v) is 6.07. The Morgan fingerprint density at radius 1 is 1.05 bits per heavy atom. The lowest BCUT2D eigenvalue weighted by molar-refractivity contribution is 0.388. The van der Waals surface area contributed by atoms with E-state index in [9.17, 15) is 8.42 Å². The third kappa shape index (κ3) is 2.92. The van der Waals surface area contributed by atoms with Crippen molar-refractivity contribution in [1.29, 1.82) is 0 Å². The fourth-order valence-corrected chi connectivity index (χ4v) is 4.21. The van der Waals surface area contributed by atoms with Gasteiger partial charge >= 0.3 is 0 Å². The van der Waals surface area contributed by atoms with Crippen LogP contribution in [-0.2, 0) is 10.0 Å². The maximum Gasteiger partial charge on any atom is 0.243 e. The molecule has 4 nitrogen and oxygen atoms in total. The van der Waals surface area contributed by atoms with Crippen LogP contribution in [0.3, 0.4) is 0 Å². The highest BCUT2D eigenvalue weighted by Gasteiger charge is 2.29. The van der Waals surface area contributed by atoms with Crippen LogP contribution < -0.4 is 5.32 Å². The van der Waals surface area contributed by atoms with Crippen molar-refractivity contribution in [3.05, 3.63) is 54.6 Å². The summed E-state index contributed by atoms with van der Waals surface area (Å²) in [5, 5.41) is 3.21. The molecule has 1 N–H and O–H groups in total. The van der Waals surface area contributed by atoms with Crippen LogP contribution in [0.5, 0.6) is 0 Å². The van der Waals surface area contributed by atoms with Crippen LogP contribution in [-0.4, -0.2) is 38.9 Å². The van der Waals surface area contributed by atoms with E-state index >= 15 is 0 Å². The first-order chi connectivity index (χ1) is 10.6. The number of hydrogen-bond acceptors (Lipinski definition) is 3. The molecule has 3 rings (SSSR count). The van der Waals surface area contributed by atoms with Gasteiger partial charge in [0.05, 0.1) is 4.90 Å². The lowest BCUT2D eigenvalue weighted by atomic mass is 10.1. The highest BCUT2D eigenvalue weighted by molar-refractivity contribution is 7.89. The van der Waals surface area contributed by atoms with Crippen molar-refractivity contribution < 1.29 is 8.42 Å². The molecule has 1 fully saturated rings. The number of rotatable bonds is 4. The molecule has 0 aliphatic carbocycles. The number of benzene rings is 2. The molecule has 1 aliphatic heterocycles. The smallest absolute Gasteiger partial charge is 0.243 e. The molecule has 1 heterocycles. The largest absolute Gasteiger partial charge is 0.315 e. The minimum atomic E-state index is -3.46. The Morgan fingerprint density at radius 2 is 1.77 bits per heavy atom. The van der Waals surface area contributed by atoms with E-state index in [1.807, 2.05) is 36.4 Å². The monoisotopic (exact) mass is 316 g/mol. The summed E-state index contributed by atoms with van der Waals surface area (Å²) >= 11 is 0. The van der Waals surface area contributed by atoms with Crippen LogP contribution in [0.15, 0.2) is 59.5 Å². The van der Waals surface area contributed by atoms with Crippen LogP contribution in [0.1, 0.15) is 6.42 Å². The minimum Gasteiger partial charge on any atom is -0.315 e. The molecular formula is C17H20N2O2S. The highest BCUT2D eigenvalue weighted by atomic mass is 32.2. The topological polar surface area (TPSA) is 49.4 Å². The molecule has 1 saturated heterocycles. The zero-order valence-corrected chi connectivity index (χ0v) is 13.4. The molecule has 0 amide bonds. The van der Waals surface area contributed by atoms with Crippen LogP contribution >= 0.6 is 0 Å². The minimum absolute atomic E-state index is 0.0328. The van der Waals surface area contributed by atoms with Crippen LogP contribution in [0.25, 0.3) is 11.1 Å². The summed E-state index contributed by atoms with van der Waals surface area (Å²) in [5.74, 6) is 0. The molecule has 5 heteroatoms. The molecule has 116 valence electrons. The lowest BCUT2D eigenvalue weighted by Gasteiger charge is -2.23. The number of likely N-dealkylation sites (N-methyl/N-ethyl adjacent to an activating group) is 1. The molecule has 1 unspecified atom stereocenters. The molecule has 0 bridgehead atoms. The van der Waals surface area contributed by atoms with Crippen molar-refractivity contribution in [1.82, 2.24) is 9.62 Å². The molecule has 0 aromatic heterocycles. The van der Waals surface area contributed by atoms with E-state index in [2.05, 4.69) is 5.32 Å². The molecule has 2 aromatic carbocycles. The molecule has 2 aromatic rings. The molecular weight excluding hydrogens is 296 g/mol. The Balaban J connectivity index is 1.94. The predicted octanol–water partition coefficient (Wildman–Crippen LogP) is 2.34. The second kappa shape index (κ2) is 6.20. The Hall–Kier alpha value is -1.69. The van der Waals surface area contributed by atoms with E-state index in [0.29, 0.717) is 11.4 Å². The van der Waals surface area contributed by atoms with Crippen molar-refractivity contribution in [3.8, 4) is 11.1 Å². The zero-order chi connectivity index (χ0) is 15.6. The average molecular weight is 316 g/mol. The summed E-state index contributed by atoms with van der Waals surface area (Å²) in [6, 6.07) is 17.0. The maximum absolute atomic E-state index is 12.8. The first-order valence-electron chi connectivity index (χ1n) is 7.43. The van der Waals surface area contributed by atoms with Gasteiger partial charge in [-0.25, -0.2) is 8.42 Å². The predicted molar refractivity (Wildman–Crippen MR) is 88.1 cm³/mol. The zero-order valence-electron chi connectivity index (χ0n) is 12.6. The second-order valence-corrected chi connectivity index (χ2v) is 7.56. The third-order valence-electron chi connectivity index (χ3n) is 4.17. The Kier molecular flexibility index (Phi) is 4.29. The van der Waals surface area contributed by atoms with Gasteiger partial charge in [0.1, 0.15) is 0 Å². The van der Waals surface area contributed by atoms with Crippen molar-refractivity contribution in [2.24, 2.45) is 0 Å². The molecule has 0 spiro atoms. The molecule has 1 atom stereocenters. The van der Waals surface area contributed by atoms with Gasteiger partial charge in [0, 0.05) is 19.6 Å². The maximum atomic E-state index is 12.8. The average Bonchev–Trinajstić information content (AvgIpc) is 3.09. The van der Waals surface area contributed by atoms with Crippen molar-refractivity contribution >= 4 is 10.0 Å². The summed E-state index contributed by atoms with van der Waals surface area (Å²) in [4.78, 5) is 0.350. The summed E-state index contributed by atoms with van der Waals surface area (Å²) in [7, 11) is -1.79. The first kappa shape index (κ1) is 15.2. The first-order valence-corrected chi connectivity index (χ1v) is 8.87. The van der Waals surface area contributed by atoms with Crippen molar-refractivity contribution in [2.45, 2.75) is 17.4 Å². The fourth-order valence-electron chi connectivity index (χ4n) is 2.78. The van der Waals surface area contributed by atoms with E-state index in [1.165, 1.54) is 4.31 Å². The van der Waals surface area contributed by atoms with E-state index in [0.717, 1.165) is 24.1 Å². The summed E-state index contributed by atoms with van der Waals surface area (Å²) in [6.07, 6.45) is 0.855. The van der Waals surface area contributed by atoms with Gasteiger partial charge < -0.3 is 5.32 Å². The lowest BCUT2D eigenvalue weighted by Crippen LogP contribution is -2.38. The van der Waals surface area contributed by atoms with Gasteiger partial charge in [-0.15, -0.1) is 0 Å². The van der Waals surface area contributed by atoms with Crippen molar-refractivity contribution in [3.63, 3.8) is 0 Å². The molecule has 1 aliphatic rings. The van der Waals surface area contributed by atoms with Gasteiger partial charge in [-0.1, -0.05) is 42.5 Å². The highest BCUT2D eigenvalue weighted by Crippen LogP contribution is 2.25. The van der Waals surface area contributed by atoms with Gasteiger partial charge in [0.25, 0.3) is 0 Å². The van der Waals surface area contributed by atoms with Crippen molar-refractivity contribution in [2.75, 3.05) is 20.1 Å². The van der Waals surface area contributed by atoms with Gasteiger partial charge in [-0.05, 0) is 36.2 Å². The summed E-state index contributed by atoms with van der Waals surface area (Å²) in [5.41, 5.74) is 1.93. The summed E-state index contributed by atoms with van der Waals surface area (Å²) < 4.78 is 27.1. The number of nitrogens with zero attached hydrogens (tertiary/aromatic N) is 1.